The summed E-state index contributed by atoms with van der Waals surface area (Å²) < 4.78 is 19.9. The van der Waals surface area contributed by atoms with Gasteiger partial charge in [0, 0.05) is 21.3 Å². The average Bonchev–Trinajstić information content (AvgIpc) is 2.43. The molecule has 0 saturated carbocycles. The van der Waals surface area contributed by atoms with Gasteiger partial charge < -0.3 is 4.74 Å². The number of hydrazine groups is 1. The van der Waals surface area contributed by atoms with Crippen LogP contribution in [0.5, 0.6) is 5.88 Å². The summed E-state index contributed by atoms with van der Waals surface area (Å²) in [6.07, 6.45) is 1.46. The zero-order chi connectivity index (χ0) is 14.7. The van der Waals surface area contributed by atoms with Gasteiger partial charge in [-0.1, -0.05) is 33.6 Å². The van der Waals surface area contributed by atoms with E-state index in [0.29, 0.717) is 10.6 Å². The van der Waals surface area contributed by atoms with Crippen molar-refractivity contribution in [1.29, 1.82) is 0 Å². The van der Waals surface area contributed by atoms with Crippen LogP contribution in [0.4, 0.5) is 4.39 Å². The Balaban J connectivity index is 2.52. The van der Waals surface area contributed by atoms with Crippen molar-refractivity contribution in [2.75, 3.05) is 7.11 Å². The number of benzene rings is 1. The van der Waals surface area contributed by atoms with Gasteiger partial charge in [0.2, 0.25) is 5.88 Å². The molecule has 1 atom stereocenters. The first-order valence-corrected chi connectivity index (χ1v) is 6.85. The van der Waals surface area contributed by atoms with Crippen LogP contribution in [0.15, 0.2) is 34.9 Å². The Bertz CT molecular complexity index is 627. The fourth-order valence-electron chi connectivity index (χ4n) is 1.89. The number of methoxy groups -OCH3 is 1. The Labute approximate surface area is 129 Å². The summed E-state index contributed by atoms with van der Waals surface area (Å²) in [4.78, 5) is 3.81. The number of nitrogens with zero attached hydrogens (tertiary/aromatic N) is 1. The monoisotopic (exact) mass is 359 g/mol. The molecule has 0 aliphatic rings. The highest BCUT2D eigenvalue weighted by molar-refractivity contribution is 9.10. The number of hydrogen-bond acceptors (Lipinski definition) is 4. The van der Waals surface area contributed by atoms with Gasteiger partial charge in [0.15, 0.2) is 5.82 Å². The molecular formula is C13H12BrClFN3O. The molecule has 106 valence electrons. The molecule has 0 bridgehead atoms. The van der Waals surface area contributed by atoms with E-state index in [-0.39, 0.29) is 5.88 Å². The van der Waals surface area contributed by atoms with Crippen molar-refractivity contribution in [3.05, 3.63) is 56.9 Å². The van der Waals surface area contributed by atoms with E-state index >= 15 is 0 Å². The molecule has 2 aromatic rings. The summed E-state index contributed by atoms with van der Waals surface area (Å²) in [5, 5.41) is 0.573. The summed E-state index contributed by atoms with van der Waals surface area (Å²) in [6, 6.07) is 6.19. The van der Waals surface area contributed by atoms with Gasteiger partial charge in [0.25, 0.3) is 0 Å². The van der Waals surface area contributed by atoms with E-state index in [1.165, 1.54) is 13.3 Å². The SMILES string of the molecule is COc1nccc(C(NN)c2ccc(Cl)cc2Br)c1F. The van der Waals surface area contributed by atoms with Gasteiger partial charge in [0.1, 0.15) is 0 Å². The minimum Gasteiger partial charge on any atom is -0.479 e. The van der Waals surface area contributed by atoms with Crippen molar-refractivity contribution in [2.24, 2.45) is 5.84 Å². The number of rotatable bonds is 4. The van der Waals surface area contributed by atoms with Gasteiger partial charge in [-0.2, -0.15) is 0 Å². The maximum atomic E-state index is 14.3. The lowest BCUT2D eigenvalue weighted by Crippen LogP contribution is -2.30. The highest BCUT2D eigenvalue weighted by Crippen LogP contribution is 2.32. The van der Waals surface area contributed by atoms with E-state index in [4.69, 9.17) is 22.2 Å². The predicted octanol–water partition coefficient (Wildman–Crippen LogP) is 3.20. The normalized spacial score (nSPS) is 12.2. The predicted molar refractivity (Wildman–Crippen MR) is 79.1 cm³/mol. The number of nitrogens with two attached hydrogens (primary N) is 1. The molecule has 0 saturated heterocycles. The molecule has 0 amide bonds. The third-order valence-electron chi connectivity index (χ3n) is 2.83. The first kappa shape index (κ1) is 15.2. The van der Waals surface area contributed by atoms with Crippen molar-refractivity contribution >= 4 is 27.5 Å². The van der Waals surface area contributed by atoms with E-state index in [0.717, 1.165) is 10.0 Å². The smallest absolute Gasteiger partial charge is 0.250 e. The van der Waals surface area contributed by atoms with E-state index in [9.17, 15) is 4.39 Å². The van der Waals surface area contributed by atoms with Crippen LogP contribution in [0.1, 0.15) is 17.2 Å². The number of nitrogens with one attached hydrogen (secondary N) is 1. The van der Waals surface area contributed by atoms with Crippen LogP contribution in [0, 0.1) is 5.82 Å². The van der Waals surface area contributed by atoms with Gasteiger partial charge in [-0.05, 0) is 23.8 Å². The summed E-state index contributed by atoms with van der Waals surface area (Å²) in [7, 11) is 1.36. The average molecular weight is 361 g/mol. The summed E-state index contributed by atoms with van der Waals surface area (Å²) >= 11 is 9.30. The molecule has 7 heteroatoms. The largest absolute Gasteiger partial charge is 0.479 e. The number of pyridine rings is 1. The minimum absolute atomic E-state index is 0.0761. The third kappa shape index (κ3) is 2.93. The standard InChI is InChI=1S/C13H12BrClFN3O/c1-20-13-11(16)9(4-5-18-13)12(19-17)8-3-2-7(15)6-10(8)14/h2-6,12,19H,17H2,1H3. The second-order valence-corrected chi connectivity index (χ2v) is 5.28. The topological polar surface area (TPSA) is 60.2 Å². The van der Waals surface area contributed by atoms with Crippen molar-refractivity contribution in [3.63, 3.8) is 0 Å². The molecule has 0 radical (unpaired) electrons. The van der Waals surface area contributed by atoms with Gasteiger partial charge in [-0.15, -0.1) is 0 Å². The number of ether oxygens (including phenoxy) is 1. The molecule has 1 unspecified atom stereocenters. The van der Waals surface area contributed by atoms with Gasteiger partial charge >= 0.3 is 0 Å². The summed E-state index contributed by atoms with van der Waals surface area (Å²) in [5.74, 6) is 4.94. The van der Waals surface area contributed by atoms with Crippen LogP contribution in [0.3, 0.4) is 0 Å². The lowest BCUT2D eigenvalue weighted by atomic mass is 10.00. The van der Waals surface area contributed by atoms with E-state index in [2.05, 4.69) is 26.3 Å². The van der Waals surface area contributed by atoms with E-state index in [1.54, 1.807) is 24.3 Å². The van der Waals surface area contributed by atoms with Crippen LogP contribution in [-0.4, -0.2) is 12.1 Å². The number of hydrogen-bond donors (Lipinski definition) is 2. The molecule has 4 nitrogen and oxygen atoms in total. The van der Waals surface area contributed by atoms with Crippen LogP contribution in [0.25, 0.3) is 0 Å². The second-order valence-electron chi connectivity index (χ2n) is 3.99. The number of aromatic nitrogens is 1. The molecule has 0 spiro atoms. The van der Waals surface area contributed by atoms with E-state index in [1.807, 2.05) is 0 Å². The van der Waals surface area contributed by atoms with Gasteiger partial charge in [-0.3, -0.25) is 5.84 Å². The molecule has 0 fully saturated rings. The van der Waals surface area contributed by atoms with Crippen LogP contribution in [-0.2, 0) is 0 Å². The van der Waals surface area contributed by atoms with Crippen molar-refractivity contribution in [1.82, 2.24) is 10.4 Å². The highest BCUT2D eigenvalue weighted by Gasteiger charge is 2.21. The Morgan fingerprint density at radius 3 is 2.75 bits per heavy atom. The molecule has 0 aliphatic heterocycles. The molecule has 3 N–H and O–H groups in total. The first-order chi connectivity index (χ1) is 9.58. The molecule has 1 heterocycles. The highest BCUT2D eigenvalue weighted by atomic mass is 79.9. The zero-order valence-electron chi connectivity index (χ0n) is 10.5. The fraction of sp³-hybridized carbons (Fsp3) is 0.154. The summed E-state index contributed by atoms with van der Waals surface area (Å²) in [5.41, 5.74) is 3.68. The molecule has 20 heavy (non-hydrogen) atoms. The fourth-order valence-corrected chi connectivity index (χ4v) is 2.80. The van der Waals surface area contributed by atoms with Crippen LogP contribution in [0.2, 0.25) is 5.02 Å². The first-order valence-electron chi connectivity index (χ1n) is 5.68. The summed E-state index contributed by atoms with van der Waals surface area (Å²) in [6.45, 7) is 0. The molecule has 2 rings (SSSR count). The second kappa shape index (κ2) is 6.49. The molecule has 1 aromatic carbocycles. The lowest BCUT2D eigenvalue weighted by molar-refractivity contribution is 0.364. The Morgan fingerprint density at radius 1 is 1.40 bits per heavy atom. The Kier molecular flexibility index (Phi) is 4.93. The Morgan fingerprint density at radius 2 is 2.15 bits per heavy atom. The quantitative estimate of drug-likeness (QED) is 0.649. The molecule has 0 aliphatic carbocycles. The molecular weight excluding hydrogens is 349 g/mol. The maximum Gasteiger partial charge on any atom is 0.250 e. The number of halogens is 3. The minimum atomic E-state index is -0.557. The van der Waals surface area contributed by atoms with Crippen molar-refractivity contribution in [3.8, 4) is 5.88 Å². The van der Waals surface area contributed by atoms with Crippen molar-refractivity contribution in [2.45, 2.75) is 6.04 Å². The van der Waals surface area contributed by atoms with E-state index < -0.39 is 11.9 Å². The lowest BCUT2D eigenvalue weighted by Gasteiger charge is -2.19. The third-order valence-corrected chi connectivity index (χ3v) is 3.75. The van der Waals surface area contributed by atoms with Crippen LogP contribution >= 0.6 is 27.5 Å². The van der Waals surface area contributed by atoms with Crippen LogP contribution < -0.4 is 16.0 Å². The Hall–Kier alpha value is -1.21. The van der Waals surface area contributed by atoms with Gasteiger partial charge in [0.05, 0.1) is 13.2 Å². The van der Waals surface area contributed by atoms with Gasteiger partial charge in [-0.25, -0.2) is 14.8 Å². The maximum absolute atomic E-state index is 14.3. The zero-order valence-corrected chi connectivity index (χ0v) is 12.9. The van der Waals surface area contributed by atoms with Crippen molar-refractivity contribution < 1.29 is 9.13 Å². The molecule has 1 aromatic heterocycles.